The molecule has 1 aliphatic heterocycles. The van der Waals surface area contributed by atoms with Gasteiger partial charge in [0.25, 0.3) is 0 Å². The molecule has 0 aliphatic carbocycles. The van der Waals surface area contributed by atoms with E-state index in [4.69, 9.17) is 14.2 Å². The van der Waals surface area contributed by atoms with E-state index in [9.17, 15) is 4.79 Å². The maximum Gasteiger partial charge on any atom is 0.306 e. The SMILES string of the molecule is COc1ccc(CCC(=O)OC2CN(c3nc4c(OC)cccc4s3)C2)cc1. The lowest BCUT2D eigenvalue weighted by Gasteiger charge is -2.38. The van der Waals surface area contributed by atoms with Crippen molar-refractivity contribution in [1.29, 1.82) is 0 Å². The maximum atomic E-state index is 12.1. The van der Waals surface area contributed by atoms with Crippen LogP contribution in [-0.4, -0.2) is 44.4 Å². The first-order valence-corrected chi connectivity index (χ1v) is 9.99. The second-order valence-electron chi connectivity index (χ2n) is 6.67. The molecule has 0 atom stereocenters. The van der Waals surface area contributed by atoms with E-state index in [-0.39, 0.29) is 12.1 Å². The number of aromatic nitrogens is 1. The Morgan fingerprint density at radius 3 is 2.64 bits per heavy atom. The number of anilines is 1. The van der Waals surface area contributed by atoms with Crippen LogP contribution in [-0.2, 0) is 16.0 Å². The molecule has 2 aromatic carbocycles. The van der Waals surface area contributed by atoms with Crippen LogP contribution < -0.4 is 14.4 Å². The molecule has 0 radical (unpaired) electrons. The van der Waals surface area contributed by atoms with Gasteiger partial charge in [-0.05, 0) is 36.2 Å². The molecular formula is C21H22N2O4S. The van der Waals surface area contributed by atoms with Gasteiger partial charge >= 0.3 is 5.97 Å². The molecule has 0 spiro atoms. The van der Waals surface area contributed by atoms with Crippen LogP contribution in [0.3, 0.4) is 0 Å². The monoisotopic (exact) mass is 398 g/mol. The molecule has 0 saturated carbocycles. The van der Waals surface area contributed by atoms with Crippen molar-refractivity contribution in [2.75, 3.05) is 32.2 Å². The van der Waals surface area contributed by atoms with Crippen LogP contribution in [0.25, 0.3) is 10.2 Å². The van der Waals surface area contributed by atoms with Gasteiger partial charge < -0.3 is 19.1 Å². The van der Waals surface area contributed by atoms with E-state index in [2.05, 4.69) is 9.88 Å². The van der Waals surface area contributed by atoms with E-state index >= 15 is 0 Å². The Labute approximate surface area is 167 Å². The average Bonchev–Trinajstić information content (AvgIpc) is 3.12. The quantitative estimate of drug-likeness (QED) is 0.566. The van der Waals surface area contributed by atoms with Gasteiger partial charge in [0, 0.05) is 6.42 Å². The van der Waals surface area contributed by atoms with E-state index in [1.54, 1.807) is 25.6 Å². The smallest absolute Gasteiger partial charge is 0.306 e. The first-order chi connectivity index (χ1) is 13.7. The molecule has 7 heteroatoms. The zero-order valence-corrected chi connectivity index (χ0v) is 16.7. The van der Waals surface area contributed by atoms with Crippen LogP contribution in [0.4, 0.5) is 5.13 Å². The number of esters is 1. The highest BCUT2D eigenvalue weighted by atomic mass is 32.1. The molecule has 1 aliphatic rings. The summed E-state index contributed by atoms with van der Waals surface area (Å²) in [5.41, 5.74) is 1.97. The molecule has 1 fully saturated rings. The van der Waals surface area contributed by atoms with E-state index < -0.39 is 0 Å². The van der Waals surface area contributed by atoms with Crippen LogP contribution in [0.1, 0.15) is 12.0 Å². The topological polar surface area (TPSA) is 60.9 Å². The molecule has 6 nitrogen and oxygen atoms in total. The number of hydrogen-bond acceptors (Lipinski definition) is 7. The van der Waals surface area contributed by atoms with Crippen molar-refractivity contribution in [2.24, 2.45) is 0 Å². The Bertz CT molecular complexity index is 964. The van der Waals surface area contributed by atoms with Gasteiger partial charge in [0.2, 0.25) is 0 Å². The van der Waals surface area contributed by atoms with Gasteiger partial charge in [-0.15, -0.1) is 0 Å². The number of nitrogens with zero attached hydrogens (tertiary/aromatic N) is 2. The molecule has 0 bridgehead atoms. The molecule has 0 unspecified atom stereocenters. The molecule has 1 saturated heterocycles. The fourth-order valence-electron chi connectivity index (χ4n) is 3.16. The van der Waals surface area contributed by atoms with Gasteiger partial charge in [-0.1, -0.05) is 29.5 Å². The molecule has 28 heavy (non-hydrogen) atoms. The minimum Gasteiger partial charge on any atom is -0.497 e. The van der Waals surface area contributed by atoms with Crippen LogP contribution in [0.5, 0.6) is 11.5 Å². The number of thiazole rings is 1. The van der Waals surface area contributed by atoms with Crippen molar-refractivity contribution < 1.29 is 19.0 Å². The van der Waals surface area contributed by atoms with Crippen LogP contribution in [0.15, 0.2) is 42.5 Å². The lowest BCUT2D eigenvalue weighted by Crippen LogP contribution is -2.53. The fourth-order valence-corrected chi connectivity index (χ4v) is 4.17. The molecule has 0 amide bonds. The Morgan fingerprint density at radius 1 is 1.14 bits per heavy atom. The second kappa shape index (κ2) is 8.06. The summed E-state index contributed by atoms with van der Waals surface area (Å²) in [6.45, 7) is 1.35. The van der Waals surface area contributed by atoms with Crippen molar-refractivity contribution in [3.8, 4) is 11.5 Å². The summed E-state index contributed by atoms with van der Waals surface area (Å²) in [4.78, 5) is 18.9. The zero-order chi connectivity index (χ0) is 19.5. The van der Waals surface area contributed by atoms with Crippen LogP contribution >= 0.6 is 11.3 Å². The first-order valence-electron chi connectivity index (χ1n) is 9.17. The van der Waals surface area contributed by atoms with E-state index in [1.807, 2.05) is 42.5 Å². The first kappa shape index (κ1) is 18.6. The van der Waals surface area contributed by atoms with Crippen molar-refractivity contribution >= 4 is 32.7 Å². The summed E-state index contributed by atoms with van der Waals surface area (Å²) in [5, 5.41) is 0.935. The number of benzene rings is 2. The third-order valence-electron chi connectivity index (χ3n) is 4.78. The van der Waals surface area contributed by atoms with E-state index in [0.29, 0.717) is 25.9 Å². The summed E-state index contributed by atoms with van der Waals surface area (Å²) in [6.07, 6.45) is 0.968. The Kier molecular flexibility index (Phi) is 5.34. The number of hydrogen-bond donors (Lipinski definition) is 0. The lowest BCUT2D eigenvalue weighted by molar-refractivity contribution is -0.150. The molecule has 1 aromatic heterocycles. The van der Waals surface area contributed by atoms with Crippen LogP contribution in [0, 0.1) is 0 Å². The molecule has 146 valence electrons. The highest BCUT2D eigenvalue weighted by molar-refractivity contribution is 7.22. The third-order valence-corrected chi connectivity index (χ3v) is 5.87. The molecule has 4 rings (SSSR count). The summed E-state index contributed by atoms with van der Waals surface area (Å²) < 4.78 is 17.2. The van der Waals surface area contributed by atoms with Gasteiger partial charge in [0.15, 0.2) is 5.13 Å². The lowest BCUT2D eigenvalue weighted by atomic mass is 10.1. The largest absolute Gasteiger partial charge is 0.497 e. The summed E-state index contributed by atoms with van der Waals surface area (Å²) >= 11 is 1.63. The fraction of sp³-hybridized carbons (Fsp3) is 0.333. The Hall–Kier alpha value is -2.80. The zero-order valence-electron chi connectivity index (χ0n) is 15.9. The van der Waals surface area contributed by atoms with Crippen molar-refractivity contribution in [3.63, 3.8) is 0 Å². The molecule has 0 N–H and O–H groups in total. The number of rotatable bonds is 7. The van der Waals surface area contributed by atoms with Crippen molar-refractivity contribution in [1.82, 2.24) is 4.98 Å². The van der Waals surface area contributed by atoms with Crippen molar-refractivity contribution in [3.05, 3.63) is 48.0 Å². The summed E-state index contributed by atoms with van der Waals surface area (Å²) in [6, 6.07) is 13.7. The third kappa shape index (κ3) is 3.89. The average molecular weight is 398 g/mol. The highest BCUT2D eigenvalue weighted by Gasteiger charge is 2.32. The molecular weight excluding hydrogens is 376 g/mol. The number of carbonyl (C=O) groups is 1. The minimum atomic E-state index is -0.161. The van der Waals surface area contributed by atoms with Crippen molar-refractivity contribution in [2.45, 2.75) is 18.9 Å². The van der Waals surface area contributed by atoms with E-state index in [1.165, 1.54) is 0 Å². The number of para-hydroxylation sites is 1. The number of ether oxygens (including phenoxy) is 3. The highest BCUT2D eigenvalue weighted by Crippen LogP contribution is 2.35. The maximum absolute atomic E-state index is 12.1. The van der Waals surface area contributed by atoms with Gasteiger partial charge in [-0.3, -0.25) is 4.79 Å². The predicted octanol–water partition coefficient (Wildman–Crippen LogP) is 3.68. The van der Waals surface area contributed by atoms with Gasteiger partial charge in [-0.25, -0.2) is 4.98 Å². The Morgan fingerprint density at radius 2 is 1.93 bits per heavy atom. The molecule has 3 aromatic rings. The standard InChI is InChI=1S/C21H22N2O4S/c1-25-15-9-6-14(7-10-15)8-11-19(24)27-16-12-23(13-16)21-22-20-17(26-2)4-3-5-18(20)28-21/h3-7,9-10,16H,8,11-13H2,1-2H3. The van der Waals surface area contributed by atoms with Gasteiger partial charge in [0.05, 0.1) is 32.0 Å². The predicted molar refractivity (Wildman–Crippen MR) is 110 cm³/mol. The summed E-state index contributed by atoms with van der Waals surface area (Å²) in [5.74, 6) is 1.43. The molecule has 2 heterocycles. The number of carbonyl (C=O) groups excluding carboxylic acids is 1. The number of methoxy groups -OCH3 is 2. The normalized spacial score (nSPS) is 14.0. The second-order valence-corrected chi connectivity index (χ2v) is 7.68. The minimum absolute atomic E-state index is 0.0720. The summed E-state index contributed by atoms with van der Waals surface area (Å²) in [7, 11) is 3.29. The number of fused-ring (bicyclic) bond motifs is 1. The van der Waals surface area contributed by atoms with E-state index in [0.717, 1.165) is 32.4 Å². The van der Waals surface area contributed by atoms with Crippen LogP contribution in [0.2, 0.25) is 0 Å². The Balaban J connectivity index is 1.26. The van der Waals surface area contributed by atoms with Gasteiger partial charge in [0.1, 0.15) is 23.1 Å². The van der Waals surface area contributed by atoms with Gasteiger partial charge in [-0.2, -0.15) is 0 Å². The number of aryl methyl sites for hydroxylation is 1.